The highest BCUT2D eigenvalue weighted by molar-refractivity contribution is 5.96. The van der Waals surface area contributed by atoms with E-state index in [4.69, 9.17) is 0 Å². The number of nitrogens with zero attached hydrogens (tertiary/aromatic N) is 1. The summed E-state index contributed by atoms with van der Waals surface area (Å²) in [5, 5.41) is 0. The van der Waals surface area contributed by atoms with Gasteiger partial charge in [-0.05, 0) is 31.6 Å². The fourth-order valence-electron chi connectivity index (χ4n) is 1.86. The van der Waals surface area contributed by atoms with Gasteiger partial charge in [-0.3, -0.25) is 4.79 Å². The average Bonchev–Trinajstić information content (AvgIpc) is 2.37. The molecule has 0 heterocycles. The van der Waals surface area contributed by atoms with Gasteiger partial charge < -0.3 is 4.90 Å². The second-order valence-corrected chi connectivity index (χ2v) is 4.21. The molecule has 0 unspecified atom stereocenters. The number of carbonyl (C=O) groups is 1. The molecule has 0 aromatic heterocycles. The van der Waals surface area contributed by atoms with Gasteiger partial charge in [0, 0.05) is 13.0 Å². The average molecular weight is 255 g/mol. The lowest BCUT2D eigenvalue weighted by atomic mass is 10.1. The largest absolute Gasteiger partial charge is 0.303 e. The van der Waals surface area contributed by atoms with Gasteiger partial charge in [0.15, 0.2) is 17.4 Å². The summed E-state index contributed by atoms with van der Waals surface area (Å²) in [5.74, 6) is -2.36. The Balaban J connectivity index is 2.62. The standard InChI is InChI=1S/C14H19F2NO/c1-3-9-17(4-2)10-8-13(18)11-6-5-7-12(15)14(11)16/h5-7H,3-4,8-10H2,1-2H3. The van der Waals surface area contributed by atoms with Crippen LogP contribution in [0.25, 0.3) is 0 Å². The molecule has 1 aromatic carbocycles. The van der Waals surface area contributed by atoms with Crippen LogP contribution >= 0.6 is 0 Å². The number of ketones is 1. The monoisotopic (exact) mass is 255 g/mol. The van der Waals surface area contributed by atoms with E-state index in [1.807, 2.05) is 6.92 Å². The summed E-state index contributed by atoms with van der Waals surface area (Å²) < 4.78 is 26.4. The van der Waals surface area contributed by atoms with Gasteiger partial charge >= 0.3 is 0 Å². The maximum Gasteiger partial charge on any atom is 0.169 e. The second kappa shape index (κ2) is 7.21. The topological polar surface area (TPSA) is 20.3 Å². The fraction of sp³-hybridized carbons (Fsp3) is 0.500. The van der Waals surface area contributed by atoms with Gasteiger partial charge in [-0.25, -0.2) is 8.78 Å². The van der Waals surface area contributed by atoms with Crippen molar-refractivity contribution in [3.05, 3.63) is 35.4 Å². The highest BCUT2D eigenvalue weighted by Gasteiger charge is 2.15. The number of carbonyl (C=O) groups excluding carboxylic acids is 1. The molecule has 0 bridgehead atoms. The molecule has 0 atom stereocenters. The van der Waals surface area contributed by atoms with Crippen molar-refractivity contribution in [2.45, 2.75) is 26.7 Å². The van der Waals surface area contributed by atoms with Crippen LogP contribution in [0, 0.1) is 11.6 Å². The third kappa shape index (κ3) is 3.88. The maximum absolute atomic E-state index is 13.4. The highest BCUT2D eigenvalue weighted by atomic mass is 19.2. The second-order valence-electron chi connectivity index (χ2n) is 4.21. The Morgan fingerprint density at radius 1 is 1.22 bits per heavy atom. The molecule has 100 valence electrons. The molecule has 1 aromatic rings. The van der Waals surface area contributed by atoms with Gasteiger partial charge in [0.2, 0.25) is 0 Å². The SMILES string of the molecule is CCCN(CC)CCC(=O)c1cccc(F)c1F. The molecule has 0 radical (unpaired) electrons. The maximum atomic E-state index is 13.4. The summed E-state index contributed by atoms with van der Waals surface area (Å²) >= 11 is 0. The lowest BCUT2D eigenvalue weighted by Gasteiger charge is -2.18. The Hall–Kier alpha value is -1.29. The quantitative estimate of drug-likeness (QED) is 0.697. The Kier molecular flexibility index (Phi) is 5.92. The molecule has 0 aliphatic rings. The third-order valence-electron chi connectivity index (χ3n) is 2.89. The molecule has 0 fully saturated rings. The molecular weight excluding hydrogens is 236 g/mol. The van der Waals surface area contributed by atoms with Crippen molar-refractivity contribution in [3.63, 3.8) is 0 Å². The van der Waals surface area contributed by atoms with Gasteiger partial charge in [-0.1, -0.05) is 19.9 Å². The number of hydrogen-bond acceptors (Lipinski definition) is 2. The number of rotatable bonds is 7. The smallest absolute Gasteiger partial charge is 0.169 e. The Morgan fingerprint density at radius 3 is 2.56 bits per heavy atom. The van der Waals surface area contributed by atoms with Gasteiger partial charge in [0.05, 0.1) is 5.56 Å². The zero-order valence-electron chi connectivity index (χ0n) is 10.9. The fourth-order valence-corrected chi connectivity index (χ4v) is 1.86. The normalized spacial score (nSPS) is 10.9. The van der Waals surface area contributed by atoms with Crippen LogP contribution in [0.2, 0.25) is 0 Å². The van der Waals surface area contributed by atoms with E-state index in [1.165, 1.54) is 12.1 Å². The third-order valence-corrected chi connectivity index (χ3v) is 2.89. The van der Waals surface area contributed by atoms with E-state index in [0.717, 1.165) is 25.6 Å². The van der Waals surface area contributed by atoms with Crippen LogP contribution in [-0.4, -0.2) is 30.3 Å². The van der Waals surface area contributed by atoms with Crippen LogP contribution in [0.3, 0.4) is 0 Å². The van der Waals surface area contributed by atoms with Crippen molar-refractivity contribution in [2.24, 2.45) is 0 Å². The number of halogens is 2. The molecule has 1 rings (SSSR count). The highest BCUT2D eigenvalue weighted by Crippen LogP contribution is 2.13. The van der Waals surface area contributed by atoms with E-state index < -0.39 is 11.6 Å². The molecule has 0 aliphatic carbocycles. The van der Waals surface area contributed by atoms with Crippen LogP contribution in [0.5, 0.6) is 0 Å². The van der Waals surface area contributed by atoms with Crippen LogP contribution in [0.4, 0.5) is 8.78 Å². The minimum Gasteiger partial charge on any atom is -0.303 e. The van der Waals surface area contributed by atoms with Gasteiger partial charge in [0.1, 0.15) is 0 Å². The van der Waals surface area contributed by atoms with Gasteiger partial charge in [-0.2, -0.15) is 0 Å². The van der Waals surface area contributed by atoms with E-state index >= 15 is 0 Å². The molecular formula is C14H19F2NO. The minimum atomic E-state index is -1.04. The van der Waals surface area contributed by atoms with E-state index in [2.05, 4.69) is 11.8 Å². The van der Waals surface area contributed by atoms with Crippen LogP contribution in [-0.2, 0) is 0 Å². The molecule has 4 heteroatoms. The molecule has 0 amide bonds. The number of benzene rings is 1. The summed E-state index contributed by atoms with van der Waals surface area (Å²) in [6, 6.07) is 3.70. The first-order valence-electron chi connectivity index (χ1n) is 6.29. The van der Waals surface area contributed by atoms with Crippen LogP contribution in [0.15, 0.2) is 18.2 Å². The Labute approximate surface area is 107 Å². The van der Waals surface area contributed by atoms with Crippen molar-refractivity contribution in [3.8, 4) is 0 Å². The molecule has 0 aliphatic heterocycles. The van der Waals surface area contributed by atoms with Crippen molar-refractivity contribution >= 4 is 5.78 Å². The molecule has 0 saturated carbocycles. The lowest BCUT2D eigenvalue weighted by molar-refractivity contribution is 0.0960. The van der Waals surface area contributed by atoms with Gasteiger partial charge in [0.25, 0.3) is 0 Å². The van der Waals surface area contributed by atoms with Crippen LogP contribution < -0.4 is 0 Å². The minimum absolute atomic E-state index is 0.150. The predicted octanol–water partition coefficient (Wildman–Crippen LogP) is 3.27. The van der Waals surface area contributed by atoms with Crippen molar-refractivity contribution in [1.29, 1.82) is 0 Å². The number of Topliss-reactive ketones (excluding diaryl/α,β-unsaturated/α-hetero) is 1. The lowest BCUT2D eigenvalue weighted by Crippen LogP contribution is -2.27. The molecule has 18 heavy (non-hydrogen) atoms. The molecule has 0 spiro atoms. The molecule has 0 N–H and O–H groups in total. The Bertz CT molecular complexity index is 407. The first kappa shape index (κ1) is 14.8. The molecule has 2 nitrogen and oxygen atoms in total. The first-order valence-corrected chi connectivity index (χ1v) is 6.29. The van der Waals surface area contributed by atoms with E-state index in [9.17, 15) is 13.6 Å². The summed E-state index contributed by atoms with van der Waals surface area (Å²) in [6.45, 7) is 6.43. The Morgan fingerprint density at radius 2 is 1.94 bits per heavy atom. The van der Waals surface area contributed by atoms with Crippen LogP contribution in [0.1, 0.15) is 37.0 Å². The summed E-state index contributed by atoms with van der Waals surface area (Å²) in [5.41, 5.74) is -0.150. The van der Waals surface area contributed by atoms with E-state index in [0.29, 0.717) is 6.54 Å². The van der Waals surface area contributed by atoms with Crippen molar-refractivity contribution in [1.82, 2.24) is 4.90 Å². The zero-order valence-corrected chi connectivity index (χ0v) is 10.9. The summed E-state index contributed by atoms with van der Waals surface area (Å²) in [6.07, 6.45) is 1.23. The summed E-state index contributed by atoms with van der Waals surface area (Å²) in [7, 11) is 0. The molecule has 0 saturated heterocycles. The van der Waals surface area contributed by atoms with E-state index in [-0.39, 0.29) is 17.8 Å². The summed E-state index contributed by atoms with van der Waals surface area (Å²) in [4.78, 5) is 13.9. The van der Waals surface area contributed by atoms with E-state index in [1.54, 1.807) is 0 Å². The number of hydrogen-bond donors (Lipinski definition) is 0. The van der Waals surface area contributed by atoms with Gasteiger partial charge in [-0.15, -0.1) is 0 Å². The first-order chi connectivity index (χ1) is 8.60. The predicted molar refractivity (Wildman–Crippen MR) is 67.7 cm³/mol. The zero-order chi connectivity index (χ0) is 13.5. The van der Waals surface area contributed by atoms with Crippen molar-refractivity contribution < 1.29 is 13.6 Å². The van der Waals surface area contributed by atoms with Crippen molar-refractivity contribution in [2.75, 3.05) is 19.6 Å².